The zero-order chi connectivity index (χ0) is 19.4. The van der Waals surface area contributed by atoms with E-state index in [1.807, 2.05) is 26.0 Å². The Morgan fingerprint density at radius 3 is 2.08 bits per heavy atom. The lowest BCUT2D eigenvalue weighted by atomic mass is 9.93. The molecule has 0 saturated carbocycles. The highest BCUT2D eigenvalue weighted by Crippen LogP contribution is 2.26. The first-order chi connectivity index (χ1) is 12.2. The second-order valence-electron chi connectivity index (χ2n) is 7.22. The van der Waals surface area contributed by atoms with E-state index in [0.717, 1.165) is 5.56 Å². The van der Waals surface area contributed by atoms with Crippen molar-refractivity contribution in [2.75, 3.05) is 0 Å². The summed E-state index contributed by atoms with van der Waals surface area (Å²) < 4.78 is 0. The van der Waals surface area contributed by atoms with Gasteiger partial charge in [0.25, 0.3) is 11.6 Å². The largest absolute Gasteiger partial charge is 0.345 e. The average Bonchev–Trinajstić information content (AvgIpc) is 2.59. The Balaban J connectivity index is 2.29. The lowest BCUT2D eigenvalue weighted by Gasteiger charge is -2.24. The van der Waals surface area contributed by atoms with Crippen LogP contribution < -0.4 is 5.32 Å². The number of hydrogen-bond acceptors (Lipinski definition) is 3. The van der Waals surface area contributed by atoms with Crippen LogP contribution in [-0.2, 0) is 0 Å². The van der Waals surface area contributed by atoms with Crippen molar-refractivity contribution in [3.8, 4) is 0 Å². The van der Waals surface area contributed by atoms with Gasteiger partial charge in [-0.3, -0.25) is 14.9 Å². The van der Waals surface area contributed by atoms with Gasteiger partial charge in [-0.15, -0.1) is 0 Å². The predicted molar refractivity (Wildman–Crippen MR) is 103 cm³/mol. The summed E-state index contributed by atoms with van der Waals surface area (Å²) in [4.78, 5) is 23.4. The van der Waals surface area contributed by atoms with Gasteiger partial charge in [0.15, 0.2) is 0 Å². The van der Waals surface area contributed by atoms with Gasteiger partial charge in [-0.05, 0) is 36.0 Å². The zero-order valence-corrected chi connectivity index (χ0v) is 15.9. The summed E-state index contributed by atoms with van der Waals surface area (Å²) in [7, 11) is 0. The third-order valence-electron chi connectivity index (χ3n) is 4.66. The standard InChI is InChI=1S/C21H26N2O3/c1-13(2)16-9-11-17(12-10-16)20(14(3)4)22-21(24)18-7-6-8-19(15(18)5)23(25)26/h6-14,20H,1-5H3,(H,22,24). The fourth-order valence-corrected chi connectivity index (χ4v) is 3.01. The van der Waals surface area contributed by atoms with Crippen LogP contribution in [0, 0.1) is 23.0 Å². The van der Waals surface area contributed by atoms with Crippen LogP contribution in [0.2, 0.25) is 0 Å². The highest BCUT2D eigenvalue weighted by atomic mass is 16.6. The number of benzene rings is 2. The maximum absolute atomic E-state index is 12.8. The minimum Gasteiger partial charge on any atom is -0.345 e. The summed E-state index contributed by atoms with van der Waals surface area (Å²) in [5.41, 5.74) is 2.95. The molecule has 5 nitrogen and oxygen atoms in total. The van der Waals surface area contributed by atoms with Crippen LogP contribution in [0.15, 0.2) is 42.5 Å². The van der Waals surface area contributed by atoms with E-state index < -0.39 is 4.92 Å². The summed E-state index contributed by atoms with van der Waals surface area (Å²) in [6, 6.07) is 12.7. The summed E-state index contributed by atoms with van der Waals surface area (Å²) >= 11 is 0. The van der Waals surface area contributed by atoms with E-state index in [1.165, 1.54) is 11.6 Å². The molecule has 0 aromatic heterocycles. The van der Waals surface area contributed by atoms with E-state index in [9.17, 15) is 14.9 Å². The monoisotopic (exact) mass is 354 g/mol. The molecule has 0 saturated heterocycles. The average molecular weight is 354 g/mol. The molecule has 2 aromatic carbocycles. The minimum absolute atomic E-state index is 0.0416. The first-order valence-corrected chi connectivity index (χ1v) is 8.87. The van der Waals surface area contributed by atoms with Crippen LogP contribution in [0.25, 0.3) is 0 Å². The Bertz CT molecular complexity index is 795. The highest BCUT2D eigenvalue weighted by Gasteiger charge is 2.23. The van der Waals surface area contributed by atoms with Gasteiger partial charge in [0.05, 0.1) is 11.0 Å². The Labute approximate surface area is 154 Å². The van der Waals surface area contributed by atoms with Crippen molar-refractivity contribution in [3.05, 3.63) is 74.8 Å². The van der Waals surface area contributed by atoms with Crippen LogP contribution in [0.1, 0.15) is 66.7 Å². The molecule has 2 aromatic rings. The summed E-state index contributed by atoms with van der Waals surface area (Å²) in [6.07, 6.45) is 0. The Kier molecular flexibility index (Phi) is 6.14. The number of amides is 1. The maximum Gasteiger partial charge on any atom is 0.273 e. The van der Waals surface area contributed by atoms with Gasteiger partial charge >= 0.3 is 0 Å². The van der Waals surface area contributed by atoms with Gasteiger partial charge in [0, 0.05) is 17.2 Å². The minimum atomic E-state index is -0.462. The smallest absolute Gasteiger partial charge is 0.273 e. The van der Waals surface area contributed by atoms with E-state index in [2.05, 4.69) is 31.3 Å². The van der Waals surface area contributed by atoms with Crippen LogP contribution in [0.3, 0.4) is 0 Å². The quantitative estimate of drug-likeness (QED) is 0.576. The number of nitro benzene ring substituents is 1. The van der Waals surface area contributed by atoms with E-state index in [0.29, 0.717) is 17.0 Å². The summed E-state index contributed by atoms with van der Waals surface area (Å²) in [5.74, 6) is 0.337. The Hall–Kier alpha value is -2.69. The number of carbonyl (C=O) groups is 1. The molecule has 1 unspecified atom stereocenters. The molecule has 1 amide bonds. The van der Waals surface area contributed by atoms with E-state index >= 15 is 0 Å². The van der Waals surface area contributed by atoms with Crippen molar-refractivity contribution < 1.29 is 9.72 Å². The van der Waals surface area contributed by atoms with Crippen LogP contribution in [0.5, 0.6) is 0 Å². The number of rotatable bonds is 6. The molecule has 0 aliphatic rings. The van der Waals surface area contributed by atoms with Gasteiger partial charge < -0.3 is 5.32 Å². The number of nitrogens with one attached hydrogen (secondary N) is 1. The molecule has 1 atom stereocenters. The molecule has 0 fully saturated rings. The highest BCUT2D eigenvalue weighted by molar-refractivity contribution is 5.96. The number of hydrogen-bond donors (Lipinski definition) is 1. The molecular formula is C21H26N2O3. The van der Waals surface area contributed by atoms with Gasteiger partial charge in [0.1, 0.15) is 0 Å². The van der Waals surface area contributed by atoms with E-state index in [-0.39, 0.29) is 23.6 Å². The van der Waals surface area contributed by atoms with Crippen LogP contribution in [0.4, 0.5) is 5.69 Å². The molecule has 2 rings (SSSR count). The molecule has 138 valence electrons. The predicted octanol–water partition coefficient (Wildman–Crippen LogP) is 5.15. The first-order valence-electron chi connectivity index (χ1n) is 8.87. The second kappa shape index (κ2) is 8.13. The topological polar surface area (TPSA) is 72.2 Å². The van der Waals surface area contributed by atoms with Gasteiger partial charge in [0.2, 0.25) is 0 Å². The van der Waals surface area contributed by atoms with E-state index in [4.69, 9.17) is 0 Å². The number of nitro groups is 1. The molecular weight excluding hydrogens is 328 g/mol. The number of carbonyl (C=O) groups excluding carboxylic acids is 1. The maximum atomic E-state index is 12.8. The van der Waals surface area contributed by atoms with E-state index in [1.54, 1.807) is 19.1 Å². The van der Waals surface area contributed by atoms with Crippen molar-refractivity contribution in [2.45, 2.75) is 46.6 Å². The molecule has 0 radical (unpaired) electrons. The molecule has 1 N–H and O–H groups in total. The van der Waals surface area contributed by atoms with Gasteiger partial charge in [-0.1, -0.05) is 58.0 Å². The van der Waals surface area contributed by atoms with Crippen molar-refractivity contribution >= 4 is 11.6 Å². The molecule has 0 heterocycles. The molecule has 0 aliphatic carbocycles. The Morgan fingerprint density at radius 1 is 1.00 bits per heavy atom. The molecule has 0 spiro atoms. The van der Waals surface area contributed by atoms with Crippen LogP contribution >= 0.6 is 0 Å². The third-order valence-corrected chi connectivity index (χ3v) is 4.66. The second-order valence-corrected chi connectivity index (χ2v) is 7.22. The van der Waals surface area contributed by atoms with Gasteiger partial charge in [-0.2, -0.15) is 0 Å². The normalized spacial score (nSPS) is 12.3. The molecule has 0 aliphatic heterocycles. The fourth-order valence-electron chi connectivity index (χ4n) is 3.01. The zero-order valence-electron chi connectivity index (χ0n) is 15.9. The summed E-state index contributed by atoms with van der Waals surface area (Å²) in [5, 5.41) is 14.2. The van der Waals surface area contributed by atoms with Gasteiger partial charge in [-0.25, -0.2) is 0 Å². The lowest BCUT2D eigenvalue weighted by Crippen LogP contribution is -2.32. The molecule has 0 bridgehead atoms. The van der Waals surface area contributed by atoms with Crippen molar-refractivity contribution in [2.24, 2.45) is 5.92 Å². The van der Waals surface area contributed by atoms with Crippen molar-refractivity contribution in [1.82, 2.24) is 5.32 Å². The SMILES string of the molecule is Cc1c(C(=O)NC(c2ccc(C(C)C)cc2)C(C)C)cccc1[N+](=O)[O-]. The van der Waals surface area contributed by atoms with Crippen molar-refractivity contribution in [1.29, 1.82) is 0 Å². The first kappa shape index (κ1) is 19.6. The van der Waals surface area contributed by atoms with Crippen LogP contribution in [-0.4, -0.2) is 10.8 Å². The summed E-state index contributed by atoms with van der Waals surface area (Å²) in [6.45, 7) is 9.97. The third kappa shape index (κ3) is 4.28. The Morgan fingerprint density at radius 2 is 1.58 bits per heavy atom. The molecule has 26 heavy (non-hydrogen) atoms. The van der Waals surface area contributed by atoms with Crippen molar-refractivity contribution in [3.63, 3.8) is 0 Å². The fraction of sp³-hybridized carbons (Fsp3) is 0.381. The lowest BCUT2D eigenvalue weighted by molar-refractivity contribution is -0.385. The molecule has 5 heteroatoms. The number of nitrogens with zero attached hydrogens (tertiary/aromatic N) is 1.